The molecule has 0 bridgehead atoms. The van der Waals surface area contributed by atoms with Gasteiger partial charge in [0.05, 0.1) is 12.7 Å². The molecule has 1 N–H and O–H groups in total. The summed E-state index contributed by atoms with van der Waals surface area (Å²) in [5, 5.41) is 7.16. The van der Waals surface area contributed by atoms with E-state index in [0.717, 1.165) is 16.0 Å². The number of rotatable bonds is 4. The van der Waals surface area contributed by atoms with Gasteiger partial charge in [-0.3, -0.25) is 4.79 Å². The zero-order valence-electron chi connectivity index (χ0n) is 11.9. The van der Waals surface area contributed by atoms with Gasteiger partial charge in [-0.25, -0.2) is 4.79 Å². The van der Waals surface area contributed by atoms with Crippen molar-refractivity contribution >= 4 is 45.6 Å². The molecule has 2 rings (SSSR count). The number of esters is 1. The molecule has 2 heterocycles. The van der Waals surface area contributed by atoms with Gasteiger partial charge < -0.3 is 10.1 Å². The lowest BCUT2D eigenvalue weighted by atomic mass is 10.1. The van der Waals surface area contributed by atoms with Crippen LogP contribution in [0.2, 0.25) is 0 Å². The molecule has 0 fully saturated rings. The number of aryl methyl sites for hydroxylation is 1. The first kappa shape index (κ1) is 15.5. The van der Waals surface area contributed by atoms with Crippen LogP contribution in [0.1, 0.15) is 26.4 Å². The average molecular weight is 321 g/mol. The number of carbonyl (C=O) groups is 2. The van der Waals surface area contributed by atoms with E-state index in [2.05, 4.69) is 5.32 Å². The van der Waals surface area contributed by atoms with E-state index in [1.807, 2.05) is 30.7 Å². The fourth-order valence-electron chi connectivity index (χ4n) is 1.76. The minimum Gasteiger partial charge on any atom is -0.465 e. The molecule has 0 spiro atoms. The summed E-state index contributed by atoms with van der Waals surface area (Å²) in [5.74, 6) is -0.707. The predicted octanol–water partition coefficient (Wildman–Crippen LogP) is 3.86. The molecule has 0 saturated heterocycles. The Hall–Kier alpha value is -1.92. The molecule has 2 aromatic rings. The number of hydrogen-bond acceptors (Lipinski definition) is 5. The maximum absolute atomic E-state index is 12.0. The summed E-state index contributed by atoms with van der Waals surface area (Å²) in [7, 11) is 1.33. The second-order valence-corrected chi connectivity index (χ2v) is 6.36. The maximum Gasteiger partial charge on any atom is 0.341 e. The maximum atomic E-state index is 12.0. The van der Waals surface area contributed by atoms with Gasteiger partial charge in [-0.05, 0) is 47.9 Å². The zero-order chi connectivity index (χ0) is 15.4. The summed E-state index contributed by atoms with van der Waals surface area (Å²) in [4.78, 5) is 24.7. The van der Waals surface area contributed by atoms with Crippen LogP contribution < -0.4 is 5.32 Å². The van der Waals surface area contributed by atoms with Gasteiger partial charge in [-0.1, -0.05) is 0 Å². The fourth-order valence-corrected chi connectivity index (χ4v) is 3.44. The molecule has 1 amide bonds. The van der Waals surface area contributed by atoms with Crippen LogP contribution >= 0.6 is 22.7 Å². The van der Waals surface area contributed by atoms with Gasteiger partial charge >= 0.3 is 5.97 Å². The average Bonchev–Trinajstić information content (AvgIpc) is 3.06. The van der Waals surface area contributed by atoms with Crippen molar-refractivity contribution in [3.63, 3.8) is 0 Å². The molecular weight excluding hydrogens is 306 g/mol. The highest BCUT2D eigenvalue weighted by atomic mass is 32.1. The van der Waals surface area contributed by atoms with Gasteiger partial charge in [-0.2, -0.15) is 11.3 Å². The van der Waals surface area contributed by atoms with Gasteiger partial charge in [0.2, 0.25) is 5.91 Å². The number of anilines is 1. The van der Waals surface area contributed by atoms with Crippen molar-refractivity contribution in [2.24, 2.45) is 0 Å². The van der Waals surface area contributed by atoms with Gasteiger partial charge in [-0.15, -0.1) is 11.3 Å². The standard InChI is InChI=1S/C15H15NO3S2/c1-9-10(2)21-14(13(9)15(18)19-3)16-12(17)5-4-11-6-7-20-8-11/h4-8H,1-3H3,(H,16,17)/b5-4+. The van der Waals surface area contributed by atoms with Crippen molar-refractivity contribution in [1.29, 1.82) is 0 Å². The molecule has 6 heteroatoms. The molecule has 110 valence electrons. The molecule has 0 saturated carbocycles. The first-order chi connectivity index (χ1) is 10.0. The third kappa shape index (κ3) is 3.59. The van der Waals surface area contributed by atoms with E-state index in [1.54, 1.807) is 17.4 Å². The molecule has 21 heavy (non-hydrogen) atoms. The highest BCUT2D eigenvalue weighted by molar-refractivity contribution is 7.16. The third-order valence-corrected chi connectivity index (χ3v) is 4.81. The van der Waals surface area contributed by atoms with Gasteiger partial charge in [0, 0.05) is 11.0 Å². The first-order valence-corrected chi connectivity index (χ1v) is 7.98. The monoisotopic (exact) mass is 321 g/mol. The van der Waals surface area contributed by atoms with E-state index in [-0.39, 0.29) is 5.91 Å². The number of methoxy groups -OCH3 is 1. The summed E-state index contributed by atoms with van der Waals surface area (Å²) in [5.41, 5.74) is 2.24. The third-order valence-electron chi connectivity index (χ3n) is 2.98. The van der Waals surface area contributed by atoms with E-state index in [1.165, 1.54) is 24.5 Å². The second kappa shape index (κ2) is 6.69. The first-order valence-electron chi connectivity index (χ1n) is 6.22. The molecule has 0 aliphatic rings. The summed E-state index contributed by atoms with van der Waals surface area (Å²) in [6, 6.07) is 1.92. The van der Waals surface area contributed by atoms with Gasteiger partial charge in [0.1, 0.15) is 5.00 Å². The lowest BCUT2D eigenvalue weighted by Crippen LogP contribution is -2.11. The van der Waals surface area contributed by atoms with Crippen molar-refractivity contribution in [2.45, 2.75) is 13.8 Å². The smallest absolute Gasteiger partial charge is 0.341 e. The van der Waals surface area contributed by atoms with E-state index < -0.39 is 5.97 Å². The number of hydrogen-bond donors (Lipinski definition) is 1. The fraction of sp³-hybridized carbons (Fsp3) is 0.200. The van der Waals surface area contributed by atoms with Crippen molar-refractivity contribution in [3.05, 3.63) is 44.5 Å². The quantitative estimate of drug-likeness (QED) is 0.687. The summed E-state index contributed by atoms with van der Waals surface area (Å²) in [6.45, 7) is 3.75. The second-order valence-electron chi connectivity index (χ2n) is 4.36. The van der Waals surface area contributed by atoms with E-state index in [4.69, 9.17) is 4.74 Å². The summed E-state index contributed by atoms with van der Waals surface area (Å²) >= 11 is 2.94. The lowest BCUT2D eigenvalue weighted by molar-refractivity contribution is -0.111. The summed E-state index contributed by atoms with van der Waals surface area (Å²) in [6.07, 6.45) is 3.18. The van der Waals surface area contributed by atoms with Crippen LogP contribution in [0.4, 0.5) is 5.00 Å². The van der Waals surface area contributed by atoms with Crippen LogP contribution in [0.5, 0.6) is 0 Å². The number of nitrogens with one attached hydrogen (secondary N) is 1. The van der Waals surface area contributed by atoms with Gasteiger partial charge in [0.25, 0.3) is 0 Å². The van der Waals surface area contributed by atoms with Crippen molar-refractivity contribution in [2.75, 3.05) is 12.4 Å². The van der Waals surface area contributed by atoms with Crippen molar-refractivity contribution in [1.82, 2.24) is 0 Å². The predicted molar refractivity (Wildman–Crippen MR) is 87.1 cm³/mol. The van der Waals surface area contributed by atoms with E-state index in [9.17, 15) is 9.59 Å². The van der Waals surface area contributed by atoms with Crippen molar-refractivity contribution in [3.8, 4) is 0 Å². The Morgan fingerprint density at radius 3 is 2.71 bits per heavy atom. The molecule has 4 nitrogen and oxygen atoms in total. The van der Waals surface area contributed by atoms with Crippen LogP contribution in [0, 0.1) is 13.8 Å². The Bertz CT molecular complexity index is 684. The number of amides is 1. The Balaban J connectivity index is 2.17. The van der Waals surface area contributed by atoms with Crippen LogP contribution in [0.25, 0.3) is 6.08 Å². The minimum atomic E-state index is -0.436. The van der Waals surface area contributed by atoms with E-state index >= 15 is 0 Å². The molecular formula is C15H15NO3S2. The van der Waals surface area contributed by atoms with E-state index in [0.29, 0.717) is 10.6 Å². The van der Waals surface area contributed by atoms with Gasteiger partial charge in [0.15, 0.2) is 0 Å². The number of ether oxygens (including phenoxy) is 1. The molecule has 2 aromatic heterocycles. The number of carbonyl (C=O) groups excluding carboxylic acids is 2. The molecule has 0 atom stereocenters. The Morgan fingerprint density at radius 1 is 1.33 bits per heavy atom. The van der Waals surface area contributed by atoms with Crippen LogP contribution in [0.15, 0.2) is 22.9 Å². The molecule has 0 radical (unpaired) electrons. The largest absolute Gasteiger partial charge is 0.465 e. The Labute approximate surface area is 131 Å². The molecule has 0 unspecified atom stereocenters. The van der Waals surface area contributed by atoms with Crippen LogP contribution in [-0.2, 0) is 9.53 Å². The summed E-state index contributed by atoms with van der Waals surface area (Å²) < 4.78 is 4.77. The van der Waals surface area contributed by atoms with Crippen LogP contribution in [0.3, 0.4) is 0 Å². The number of thiophene rings is 2. The SMILES string of the molecule is COC(=O)c1c(NC(=O)/C=C/c2ccsc2)sc(C)c1C. The molecule has 0 aromatic carbocycles. The zero-order valence-corrected chi connectivity index (χ0v) is 13.6. The normalized spacial score (nSPS) is 10.8. The Morgan fingerprint density at radius 2 is 2.10 bits per heavy atom. The highest BCUT2D eigenvalue weighted by Crippen LogP contribution is 2.32. The molecule has 0 aliphatic heterocycles. The van der Waals surface area contributed by atoms with Crippen LogP contribution in [-0.4, -0.2) is 19.0 Å². The minimum absolute atomic E-state index is 0.271. The topological polar surface area (TPSA) is 55.4 Å². The lowest BCUT2D eigenvalue weighted by Gasteiger charge is -2.03. The highest BCUT2D eigenvalue weighted by Gasteiger charge is 2.20. The Kier molecular flexibility index (Phi) is 4.93. The van der Waals surface area contributed by atoms with Crippen molar-refractivity contribution < 1.29 is 14.3 Å². The molecule has 0 aliphatic carbocycles.